The lowest BCUT2D eigenvalue weighted by molar-refractivity contribution is -0.135. The molecular weight excluding hydrogens is 290 g/mol. The zero-order chi connectivity index (χ0) is 16.8. The van der Waals surface area contributed by atoms with Crippen molar-refractivity contribution in [2.75, 3.05) is 46.9 Å². The summed E-state index contributed by atoms with van der Waals surface area (Å²) >= 11 is 0. The molecular formula is C18H29N3O2. The Morgan fingerprint density at radius 2 is 1.83 bits per heavy atom. The molecule has 1 aromatic carbocycles. The van der Waals surface area contributed by atoms with Gasteiger partial charge in [-0.2, -0.15) is 0 Å². The van der Waals surface area contributed by atoms with Gasteiger partial charge in [0.05, 0.1) is 6.61 Å². The van der Waals surface area contributed by atoms with Crippen LogP contribution in [0, 0.1) is 5.92 Å². The van der Waals surface area contributed by atoms with Gasteiger partial charge in [0.25, 0.3) is 0 Å². The van der Waals surface area contributed by atoms with Crippen LogP contribution in [-0.4, -0.2) is 62.6 Å². The number of nitrogens with one attached hydrogen (secondary N) is 1. The molecule has 5 nitrogen and oxygen atoms in total. The van der Waals surface area contributed by atoms with Gasteiger partial charge in [-0.3, -0.25) is 9.69 Å². The number of piperazine rings is 1. The van der Waals surface area contributed by atoms with Gasteiger partial charge in [0.1, 0.15) is 11.8 Å². The Morgan fingerprint density at radius 1 is 1.22 bits per heavy atom. The molecule has 5 heteroatoms. The molecule has 0 radical (unpaired) electrons. The highest BCUT2D eigenvalue weighted by Crippen LogP contribution is 2.25. The average molecular weight is 319 g/mol. The second kappa shape index (κ2) is 8.31. The normalized spacial score (nSPS) is 17.1. The lowest BCUT2D eigenvalue weighted by Gasteiger charge is -2.35. The van der Waals surface area contributed by atoms with Crippen molar-refractivity contribution in [1.82, 2.24) is 15.1 Å². The molecule has 0 spiro atoms. The molecule has 1 amide bonds. The zero-order valence-electron chi connectivity index (χ0n) is 14.7. The van der Waals surface area contributed by atoms with E-state index < -0.39 is 0 Å². The summed E-state index contributed by atoms with van der Waals surface area (Å²) in [5.41, 5.74) is 1.03. The highest BCUT2D eigenvalue weighted by atomic mass is 16.5. The summed E-state index contributed by atoms with van der Waals surface area (Å²) in [6.07, 6.45) is 0. The summed E-state index contributed by atoms with van der Waals surface area (Å²) in [7, 11) is 3.63. The number of nitrogens with zero attached hydrogens (tertiary/aromatic N) is 2. The first-order valence-electron chi connectivity index (χ1n) is 8.37. The molecule has 0 aliphatic carbocycles. The Morgan fingerprint density at radius 3 is 2.35 bits per heavy atom. The van der Waals surface area contributed by atoms with Crippen LogP contribution in [-0.2, 0) is 4.79 Å². The Labute approximate surface area is 139 Å². The van der Waals surface area contributed by atoms with Crippen LogP contribution in [0.1, 0.15) is 25.5 Å². The SMILES string of the molecule is CC(C)COc1ccc(C(C(=O)N(C)C)N2CCNCC2)cc1. The standard InChI is InChI=1S/C18H29N3O2/c1-14(2)13-23-16-7-5-15(6-8-16)17(18(22)20(3)4)21-11-9-19-10-12-21/h5-8,14,17,19H,9-13H2,1-4H3. The number of hydrogen-bond donors (Lipinski definition) is 1. The molecule has 1 aromatic rings. The Hall–Kier alpha value is -1.59. The van der Waals surface area contributed by atoms with E-state index >= 15 is 0 Å². The van der Waals surface area contributed by atoms with Gasteiger partial charge >= 0.3 is 0 Å². The van der Waals surface area contributed by atoms with Crippen molar-refractivity contribution in [3.05, 3.63) is 29.8 Å². The minimum atomic E-state index is -0.216. The van der Waals surface area contributed by atoms with Gasteiger partial charge in [0.2, 0.25) is 5.91 Å². The summed E-state index contributed by atoms with van der Waals surface area (Å²) < 4.78 is 5.74. The molecule has 1 fully saturated rings. The third kappa shape index (κ3) is 4.94. The van der Waals surface area contributed by atoms with Gasteiger partial charge in [0.15, 0.2) is 0 Å². The third-order valence-corrected chi connectivity index (χ3v) is 3.97. The van der Waals surface area contributed by atoms with Gasteiger partial charge in [0, 0.05) is 40.3 Å². The lowest BCUT2D eigenvalue weighted by atomic mass is 10.0. The first-order chi connectivity index (χ1) is 11.0. The van der Waals surface area contributed by atoms with Crippen LogP contribution in [0.2, 0.25) is 0 Å². The summed E-state index contributed by atoms with van der Waals surface area (Å²) in [6.45, 7) is 8.58. The summed E-state index contributed by atoms with van der Waals surface area (Å²) in [6, 6.07) is 7.76. The number of likely N-dealkylation sites (N-methyl/N-ethyl adjacent to an activating group) is 1. The van der Waals surface area contributed by atoms with E-state index in [9.17, 15) is 4.79 Å². The number of ether oxygens (including phenoxy) is 1. The molecule has 23 heavy (non-hydrogen) atoms. The minimum absolute atomic E-state index is 0.128. The van der Waals surface area contributed by atoms with E-state index in [1.165, 1.54) is 0 Å². The van der Waals surface area contributed by atoms with E-state index in [2.05, 4.69) is 24.1 Å². The van der Waals surface area contributed by atoms with Gasteiger partial charge in [-0.1, -0.05) is 26.0 Å². The first-order valence-corrected chi connectivity index (χ1v) is 8.37. The predicted molar refractivity (Wildman–Crippen MR) is 92.7 cm³/mol. The molecule has 2 rings (SSSR count). The molecule has 0 saturated carbocycles. The molecule has 1 saturated heterocycles. The molecule has 1 atom stereocenters. The average Bonchev–Trinajstić information content (AvgIpc) is 2.55. The molecule has 1 unspecified atom stereocenters. The van der Waals surface area contributed by atoms with Crippen molar-refractivity contribution < 1.29 is 9.53 Å². The maximum absolute atomic E-state index is 12.7. The third-order valence-electron chi connectivity index (χ3n) is 3.97. The monoisotopic (exact) mass is 319 g/mol. The number of rotatable bonds is 6. The van der Waals surface area contributed by atoms with Crippen LogP contribution in [0.3, 0.4) is 0 Å². The van der Waals surface area contributed by atoms with Gasteiger partial charge < -0.3 is 15.0 Å². The second-order valence-electron chi connectivity index (χ2n) is 6.70. The smallest absolute Gasteiger partial charge is 0.244 e. The van der Waals surface area contributed by atoms with E-state index in [4.69, 9.17) is 4.74 Å². The molecule has 0 bridgehead atoms. The van der Waals surface area contributed by atoms with Gasteiger partial charge in [-0.15, -0.1) is 0 Å². The van der Waals surface area contributed by atoms with Crippen LogP contribution in [0.5, 0.6) is 5.75 Å². The van der Waals surface area contributed by atoms with Crippen molar-refractivity contribution in [1.29, 1.82) is 0 Å². The van der Waals surface area contributed by atoms with Crippen LogP contribution < -0.4 is 10.1 Å². The van der Waals surface area contributed by atoms with E-state index in [0.717, 1.165) is 37.5 Å². The van der Waals surface area contributed by atoms with Crippen molar-refractivity contribution in [3.63, 3.8) is 0 Å². The van der Waals surface area contributed by atoms with Crippen LogP contribution in [0.15, 0.2) is 24.3 Å². The van der Waals surface area contributed by atoms with Crippen molar-refractivity contribution in [2.45, 2.75) is 19.9 Å². The van der Waals surface area contributed by atoms with Crippen LogP contribution in [0.25, 0.3) is 0 Å². The fourth-order valence-corrected chi connectivity index (χ4v) is 2.70. The number of benzene rings is 1. The summed E-state index contributed by atoms with van der Waals surface area (Å²) in [5.74, 6) is 1.49. The zero-order valence-corrected chi connectivity index (χ0v) is 14.7. The largest absolute Gasteiger partial charge is 0.493 e. The number of amides is 1. The highest BCUT2D eigenvalue weighted by molar-refractivity contribution is 5.83. The van der Waals surface area contributed by atoms with Crippen molar-refractivity contribution in [2.24, 2.45) is 5.92 Å². The number of carbonyl (C=O) groups excluding carboxylic acids is 1. The minimum Gasteiger partial charge on any atom is -0.493 e. The van der Waals surface area contributed by atoms with Gasteiger partial charge in [-0.25, -0.2) is 0 Å². The highest BCUT2D eigenvalue weighted by Gasteiger charge is 2.29. The first kappa shape index (κ1) is 17.8. The van der Waals surface area contributed by atoms with Crippen LogP contribution in [0.4, 0.5) is 0 Å². The number of hydrogen-bond acceptors (Lipinski definition) is 4. The summed E-state index contributed by atoms with van der Waals surface area (Å²) in [5, 5.41) is 3.34. The molecule has 1 aliphatic rings. The fraction of sp³-hybridized carbons (Fsp3) is 0.611. The van der Waals surface area contributed by atoms with E-state index in [0.29, 0.717) is 12.5 Å². The fourth-order valence-electron chi connectivity index (χ4n) is 2.70. The molecule has 1 aliphatic heterocycles. The lowest BCUT2D eigenvalue weighted by Crippen LogP contribution is -2.49. The number of carbonyl (C=O) groups is 1. The summed E-state index contributed by atoms with van der Waals surface area (Å²) in [4.78, 5) is 16.6. The Kier molecular flexibility index (Phi) is 6.42. The molecule has 1 heterocycles. The maximum Gasteiger partial charge on any atom is 0.244 e. The maximum atomic E-state index is 12.7. The predicted octanol–water partition coefficient (Wildman–Crippen LogP) is 1.76. The molecule has 128 valence electrons. The quantitative estimate of drug-likeness (QED) is 0.868. The molecule has 0 aromatic heterocycles. The molecule has 1 N–H and O–H groups in total. The topological polar surface area (TPSA) is 44.8 Å². The Balaban J connectivity index is 2.15. The Bertz CT molecular complexity index is 493. The van der Waals surface area contributed by atoms with Crippen molar-refractivity contribution >= 4 is 5.91 Å². The van der Waals surface area contributed by atoms with Crippen molar-refractivity contribution in [3.8, 4) is 5.75 Å². The van der Waals surface area contributed by atoms with Gasteiger partial charge in [-0.05, 0) is 23.6 Å². The second-order valence-corrected chi connectivity index (χ2v) is 6.70. The van der Waals surface area contributed by atoms with E-state index in [1.54, 1.807) is 4.90 Å². The van der Waals surface area contributed by atoms with Crippen LogP contribution >= 0.6 is 0 Å². The van der Waals surface area contributed by atoms with E-state index in [-0.39, 0.29) is 11.9 Å². The van der Waals surface area contributed by atoms with E-state index in [1.807, 2.05) is 38.4 Å².